The van der Waals surface area contributed by atoms with E-state index in [2.05, 4.69) is 10.6 Å². The van der Waals surface area contributed by atoms with Crippen molar-refractivity contribution in [2.45, 2.75) is 51.4 Å². The SMILES string of the molecule is O=C(CCCCCN1C(=O)/C(=C2\SC(=S)N(CCCCCC(=O)Nc3ccc(-c4ccccc4)cc3)C2=O)SC1=S)Nc1ccc(-c2ccccc2)cc1. The van der Waals surface area contributed by atoms with Crippen LogP contribution in [0.15, 0.2) is 119 Å². The highest BCUT2D eigenvalue weighted by molar-refractivity contribution is 8.29. The summed E-state index contributed by atoms with van der Waals surface area (Å²) in [6.45, 7) is 0.840. The molecule has 0 spiro atoms. The maximum absolute atomic E-state index is 13.4. The second kappa shape index (κ2) is 19.1. The zero-order valence-electron chi connectivity index (χ0n) is 29.6. The van der Waals surface area contributed by atoms with E-state index in [0.717, 1.165) is 70.0 Å². The van der Waals surface area contributed by atoms with Crippen molar-refractivity contribution < 1.29 is 19.2 Å². The minimum absolute atomic E-state index is 0.0541. The van der Waals surface area contributed by atoms with Gasteiger partial charge in [-0.25, -0.2) is 0 Å². The summed E-state index contributed by atoms with van der Waals surface area (Å²) in [7, 11) is 0. The molecule has 6 rings (SSSR count). The lowest BCUT2D eigenvalue weighted by molar-refractivity contribution is -0.124. The van der Waals surface area contributed by atoms with Gasteiger partial charge in [-0.3, -0.25) is 29.0 Å². The Morgan fingerprint density at radius 1 is 0.481 bits per heavy atom. The quantitative estimate of drug-likeness (QED) is 0.0658. The number of nitrogens with one attached hydrogen (secondary N) is 2. The Hall–Kier alpha value is -4.62. The highest BCUT2D eigenvalue weighted by Crippen LogP contribution is 2.42. The molecule has 0 aromatic heterocycles. The number of thioether (sulfide) groups is 2. The van der Waals surface area contributed by atoms with E-state index in [4.69, 9.17) is 24.4 Å². The van der Waals surface area contributed by atoms with Gasteiger partial charge in [0, 0.05) is 37.3 Å². The molecular formula is C42H40N4O4S4. The number of hydrogen-bond acceptors (Lipinski definition) is 8. The number of thiocarbonyl (C=S) groups is 2. The van der Waals surface area contributed by atoms with Gasteiger partial charge in [0.15, 0.2) is 0 Å². The standard InChI is InChI=1S/C42H40N4O4S4/c47-35(43-33-23-19-31(20-24-33)29-13-5-1-6-14-29)17-9-3-11-27-45-39(49)37(53-41(45)51)38-40(50)46(42(52)54-38)28-12-4-10-18-36(48)44-34-25-21-32(22-26-34)30-15-7-2-8-16-30/h1-2,5-8,13-16,19-26H,3-4,9-12,17-18,27-28H2,(H,43,47)(H,44,48)/b38-37+. The number of unbranched alkanes of at least 4 members (excludes halogenated alkanes) is 4. The molecule has 12 heteroatoms. The van der Waals surface area contributed by atoms with Crippen molar-refractivity contribution in [2.75, 3.05) is 23.7 Å². The van der Waals surface area contributed by atoms with Gasteiger partial charge < -0.3 is 10.6 Å². The lowest BCUT2D eigenvalue weighted by atomic mass is 10.1. The smallest absolute Gasteiger partial charge is 0.267 e. The monoisotopic (exact) mass is 792 g/mol. The fraction of sp³-hybridized carbons (Fsp3) is 0.238. The number of nitrogens with zero attached hydrogens (tertiary/aromatic N) is 2. The van der Waals surface area contributed by atoms with E-state index in [1.807, 2.05) is 109 Å². The molecule has 54 heavy (non-hydrogen) atoms. The van der Waals surface area contributed by atoms with Gasteiger partial charge in [-0.05, 0) is 72.2 Å². The summed E-state index contributed by atoms with van der Waals surface area (Å²) in [5.41, 5.74) is 5.92. The Morgan fingerprint density at radius 3 is 1.20 bits per heavy atom. The van der Waals surface area contributed by atoms with Crippen molar-refractivity contribution >= 4 is 91.6 Å². The summed E-state index contributed by atoms with van der Waals surface area (Å²) in [5, 5.41) is 5.91. The number of rotatable bonds is 16. The van der Waals surface area contributed by atoms with Crippen LogP contribution in [0.2, 0.25) is 0 Å². The van der Waals surface area contributed by atoms with Crippen molar-refractivity contribution in [1.29, 1.82) is 0 Å². The second-order valence-electron chi connectivity index (χ2n) is 12.9. The van der Waals surface area contributed by atoms with E-state index in [1.165, 1.54) is 0 Å². The summed E-state index contributed by atoms with van der Waals surface area (Å²) < 4.78 is 0.838. The molecule has 4 amide bonds. The van der Waals surface area contributed by atoms with Gasteiger partial charge >= 0.3 is 0 Å². The molecule has 2 N–H and O–H groups in total. The van der Waals surface area contributed by atoms with Crippen molar-refractivity contribution in [2.24, 2.45) is 0 Å². The molecule has 2 aliphatic heterocycles. The van der Waals surface area contributed by atoms with Crippen LogP contribution in [0.1, 0.15) is 51.4 Å². The summed E-state index contributed by atoms with van der Waals surface area (Å²) in [6, 6.07) is 35.7. The van der Waals surface area contributed by atoms with Crippen LogP contribution in [0.4, 0.5) is 11.4 Å². The number of hydrogen-bond donors (Lipinski definition) is 2. The Morgan fingerprint density at radius 2 is 0.833 bits per heavy atom. The molecular weight excluding hydrogens is 753 g/mol. The van der Waals surface area contributed by atoms with E-state index in [0.29, 0.717) is 70.1 Å². The van der Waals surface area contributed by atoms with Crippen LogP contribution < -0.4 is 10.6 Å². The molecule has 4 aromatic rings. The zero-order valence-corrected chi connectivity index (χ0v) is 32.9. The van der Waals surface area contributed by atoms with Gasteiger partial charge in [0.05, 0.1) is 9.81 Å². The third-order valence-electron chi connectivity index (χ3n) is 9.03. The van der Waals surface area contributed by atoms with E-state index in [9.17, 15) is 19.2 Å². The number of carbonyl (C=O) groups is 4. The molecule has 8 nitrogen and oxygen atoms in total. The molecule has 0 saturated carbocycles. The number of benzene rings is 4. The predicted molar refractivity (Wildman–Crippen MR) is 229 cm³/mol. The number of carbonyl (C=O) groups excluding carboxylic acids is 4. The lowest BCUT2D eigenvalue weighted by Crippen LogP contribution is -2.31. The molecule has 2 fully saturated rings. The average Bonchev–Trinajstić information content (AvgIpc) is 3.63. The Kier molecular flexibility index (Phi) is 13.8. The molecule has 4 aromatic carbocycles. The van der Waals surface area contributed by atoms with Gasteiger partial charge in [-0.1, -0.05) is 146 Å². The maximum atomic E-state index is 13.4. The molecule has 0 radical (unpaired) electrons. The fourth-order valence-corrected chi connectivity index (χ4v) is 8.89. The van der Waals surface area contributed by atoms with Gasteiger partial charge in [0.25, 0.3) is 11.8 Å². The first-order valence-electron chi connectivity index (χ1n) is 18.0. The van der Waals surface area contributed by atoms with Crippen LogP contribution in [0.25, 0.3) is 22.3 Å². The van der Waals surface area contributed by atoms with Crippen molar-refractivity contribution in [3.8, 4) is 22.3 Å². The van der Waals surface area contributed by atoms with Crippen LogP contribution >= 0.6 is 48.0 Å². The summed E-state index contributed by atoms with van der Waals surface area (Å²) in [5.74, 6) is -0.658. The van der Waals surface area contributed by atoms with Crippen LogP contribution in [-0.2, 0) is 19.2 Å². The van der Waals surface area contributed by atoms with E-state index in [1.54, 1.807) is 9.80 Å². The minimum Gasteiger partial charge on any atom is -0.326 e. The first kappa shape index (κ1) is 39.1. The minimum atomic E-state index is -0.275. The summed E-state index contributed by atoms with van der Waals surface area (Å²) in [4.78, 5) is 55.5. The first-order valence-corrected chi connectivity index (χ1v) is 20.4. The number of amides is 4. The Balaban J connectivity index is 0.877. The molecule has 0 atom stereocenters. The van der Waals surface area contributed by atoms with Crippen LogP contribution in [-0.4, -0.2) is 55.2 Å². The predicted octanol–water partition coefficient (Wildman–Crippen LogP) is 9.65. The zero-order chi connectivity index (χ0) is 37.9. The molecule has 0 bridgehead atoms. The van der Waals surface area contributed by atoms with Crippen molar-refractivity contribution in [3.05, 3.63) is 119 Å². The average molecular weight is 793 g/mol. The highest BCUT2D eigenvalue weighted by atomic mass is 32.2. The molecule has 0 aliphatic carbocycles. The molecule has 0 unspecified atom stereocenters. The first-order chi connectivity index (χ1) is 26.3. The van der Waals surface area contributed by atoms with Crippen LogP contribution in [0.3, 0.4) is 0 Å². The largest absolute Gasteiger partial charge is 0.326 e. The van der Waals surface area contributed by atoms with Crippen LogP contribution in [0.5, 0.6) is 0 Å². The maximum Gasteiger partial charge on any atom is 0.267 e. The fourth-order valence-electron chi connectivity index (χ4n) is 6.12. The Bertz CT molecular complexity index is 1890. The second-order valence-corrected chi connectivity index (χ2v) is 16.2. The molecule has 276 valence electrons. The van der Waals surface area contributed by atoms with Gasteiger partial charge in [0.2, 0.25) is 11.8 Å². The van der Waals surface area contributed by atoms with E-state index < -0.39 is 0 Å². The summed E-state index contributed by atoms with van der Waals surface area (Å²) >= 11 is 13.3. The van der Waals surface area contributed by atoms with Gasteiger partial charge in [-0.15, -0.1) is 0 Å². The molecule has 2 aliphatic rings. The molecule has 2 saturated heterocycles. The summed E-state index contributed by atoms with van der Waals surface area (Å²) in [6.07, 6.45) is 4.95. The van der Waals surface area contributed by atoms with E-state index in [-0.39, 0.29) is 23.6 Å². The van der Waals surface area contributed by atoms with Crippen molar-refractivity contribution in [1.82, 2.24) is 9.80 Å². The van der Waals surface area contributed by atoms with Gasteiger partial charge in [0.1, 0.15) is 8.64 Å². The van der Waals surface area contributed by atoms with Gasteiger partial charge in [-0.2, -0.15) is 0 Å². The topological polar surface area (TPSA) is 98.8 Å². The van der Waals surface area contributed by atoms with Crippen molar-refractivity contribution in [3.63, 3.8) is 0 Å². The van der Waals surface area contributed by atoms with E-state index >= 15 is 0 Å². The highest BCUT2D eigenvalue weighted by Gasteiger charge is 2.41. The third-order valence-corrected chi connectivity index (χ3v) is 12.1. The third kappa shape index (κ3) is 10.3. The Labute approximate surface area is 335 Å². The molecule has 2 heterocycles. The lowest BCUT2D eigenvalue weighted by Gasteiger charge is -2.14. The normalized spacial score (nSPS) is 15.6. The van der Waals surface area contributed by atoms with Crippen LogP contribution in [0, 0.1) is 0 Å². The number of anilines is 2.